The predicted molar refractivity (Wildman–Crippen MR) is 116 cm³/mol. The summed E-state index contributed by atoms with van der Waals surface area (Å²) >= 11 is 0. The minimum atomic E-state index is -0.322. The number of rotatable bonds is 5. The molecule has 4 heterocycles. The first-order chi connectivity index (χ1) is 14.9. The van der Waals surface area contributed by atoms with Crippen LogP contribution in [-0.2, 0) is 11.2 Å². The minimum absolute atomic E-state index is 0.159. The van der Waals surface area contributed by atoms with E-state index in [1.54, 1.807) is 11.8 Å². The number of aromatic nitrogens is 3. The summed E-state index contributed by atoms with van der Waals surface area (Å²) in [7, 11) is 0. The summed E-state index contributed by atoms with van der Waals surface area (Å²) in [5, 5.41) is 3.33. The molecule has 0 aliphatic carbocycles. The Kier molecular flexibility index (Phi) is 5.99. The molecule has 8 nitrogen and oxygen atoms in total. The standard InChI is InChI=1S/C23H27N5O3/c1-5-21-26-16(4)22(31-21)23(29)28-9-10-30-19(13-28)18-12-17(11-15(3)24-18)27-20-8-6-7-14(2)25-20/h6-8,11-12,19H,5,9-10,13H2,1-4H3,(H,24,25,27)/t19-/m1/s1. The molecule has 0 unspecified atom stereocenters. The third-order valence-corrected chi connectivity index (χ3v) is 5.16. The van der Waals surface area contributed by atoms with E-state index in [9.17, 15) is 4.79 Å². The number of morpholine rings is 1. The zero-order valence-corrected chi connectivity index (χ0v) is 18.3. The van der Waals surface area contributed by atoms with E-state index in [-0.39, 0.29) is 12.0 Å². The van der Waals surface area contributed by atoms with Gasteiger partial charge in [-0.2, -0.15) is 0 Å². The summed E-state index contributed by atoms with van der Waals surface area (Å²) < 4.78 is 11.6. The normalized spacial score (nSPS) is 16.4. The molecule has 1 fully saturated rings. The van der Waals surface area contributed by atoms with Gasteiger partial charge in [0, 0.05) is 30.0 Å². The molecule has 31 heavy (non-hydrogen) atoms. The second-order valence-corrected chi connectivity index (χ2v) is 7.70. The van der Waals surface area contributed by atoms with Gasteiger partial charge < -0.3 is 19.4 Å². The van der Waals surface area contributed by atoms with Gasteiger partial charge in [-0.25, -0.2) is 9.97 Å². The summed E-state index contributed by atoms with van der Waals surface area (Å²) in [6.45, 7) is 8.98. The monoisotopic (exact) mass is 421 g/mol. The molecular weight excluding hydrogens is 394 g/mol. The van der Waals surface area contributed by atoms with E-state index in [1.807, 2.05) is 51.1 Å². The van der Waals surface area contributed by atoms with Crippen LogP contribution in [0.5, 0.6) is 0 Å². The third kappa shape index (κ3) is 4.74. The van der Waals surface area contributed by atoms with Crippen molar-refractivity contribution in [1.29, 1.82) is 0 Å². The van der Waals surface area contributed by atoms with E-state index in [1.165, 1.54) is 0 Å². The molecule has 1 aliphatic rings. The number of carbonyl (C=O) groups excluding carboxylic acids is 1. The van der Waals surface area contributed by atoms with Crippen molar-refractivity contribution in [2.45, 2.75) is 40.2 Å². The molecule has 4 rings (SSSR count). The number of ether oxygens (including phenoxy) is 1. The zero-order chi connectivity index (χ0) is 22.0. The SMILES string of the molecule is CCc1nc(C)c(C(=O)N2CCO[C@@H](c3cc(Nc4cccc(C)n4)cc(C)n3)C2)o1. The molecule has 0 spiro atoms. The van der Waals surface area contributed by atoms with Gasteiger partial charge in [-0.3, -0.25) is 9.78 Å². The van der Waals surface area contributed by atoms with Gasteiger partial charge >= 0.3 is 0 Å². The molecule has 3 aromatic heterocycles. The van der Waals surface area contributed by atoms with Crippen molar-refractivity contribution in [3.05, 3.63) is 64.8 Å². The number of carbonyl (C=O) groups is 1. The largest absolute Gasteiger partial charge is 0.435 e. The molecule has 3 aromatic rings. The Labute approximate surface area is 181 Å². The van der Waals surface area contributed by atoms with Crippen LogP contribution in [0.4, 0.5) is 11.5 Å². The Bertz CT molecular complexity index is 1090. The van der Waals surface area contributed by atoms with E-state index in [0.717, 1.165) is 28.6 Å². The highest BCUT2D eigenvalue weighted by molar-refractivity contribution is 5.92. The van der Waals surface area contributed by atoms with Crippen molar-refractivity contribution in [1.82, 2.24) is 19.9 Å². The van der Waals surface area contributed by atoms with Crippen LogP contribution in [-0.4, -0.2) is 45.5 Å². The van der Waals surface area contributed by atoms with E-state index >= 15 is 0 Å². The number of hydrogen-bond donors (Lipinski definition) is 1. The first-order valence-corrected chi connectivity index (χ1v) is 10.5. The summed E-state index contributed by atoms with van der Waals surface area (Å²) in [4.78, 5) is 28.3. The highest BCUT2D eigenvalue weighted by atomic mass is 16.5. The maximum absolute atomic E-state index is 13.0. The number of pyridine rings is 2. The minimum Gasteiger partial charge on any atom is -0.435 e. The van der Waals surface area contributed by atoms with Crippen LogP contribution in [0.3, 0.4) is 0 Å². The smallest absolute Gasteiger partial charge is 0.291 e. The van der Waals surface area contributed by atoms with Crippen molar-refractivity contribution < 1.29 is 13.9 Å². The molecule has 1 atom stereocenters. The maximum atomic E-state index is 13.0. The Hall–Kier alpha value is -3.26. The molecule has 0 aromatic carbocycles. The quantitative estimate of drug-likeness (QED) is 0.667. The lowest BCUT2D eigenvalue weighted by Gasteiger charge is -2.32. The van der Waals surface area contributed by atoms with Gasteiger partial charge in [-0.1, -0.05) is 13.0 Å². The van der Waals surface area contributed by atoms with E-state index in [4.69, 9.17) is 9.15 Å². The van der Waals surface area contributed by atoms with Crippen LogP contribution >= 0.6 is 0 Å². The Morgan fingerprint density at radius 2 is 2.00 bits per heavy atom. The molecule has 0 bridgehead atoms. The van der Waals surface area contributed by atoms with E-state index < -0.39 is 0 Å². The summed E-state index contributed by atoms with van der Waals surface area (Å²) in [6, 6.07) is 9.75. The van der Waals surface area contributed by atoms with Crippen molar-refractivity contribution >= 4 is 17.4 Å². The second kappa shape index (κ2) is 8.85. The Balaban J connectivity index is 1.53. The summed E-state index contributed by atoms with van der Waals surface area (Å²) in [5.74, 6) is 1.49. The number of hydrogen-bond acceptors (Lipinski definition) is 7. The lowest BCUT2D eigenvalue weighted by atomic mass is 10.1. The van der Waals surface area contributed by atoms with Crippen molar-refractivity contribution in [3.8, 4) is 0 Å². The molecule has 0 radical (unpaired) electrons. The summed E-state index contributed by atoms with van der Waals surface area (Å²) in [5.41, 5.74) is 4.08. The molecule has 1 saturated heterocycles. The van der Waals surface area contributed by atoms with Gasteiger partial charge in [0.05, 0.1) is 24.5 Å². The topological polar surface area (TPSA) is 93.4 Å². The van der Waals surface area contributed by atoms with Crippen LogP contribution in [0, 0.1) is 20.8 Å². The average Bonchev–Trinajstić information content (AvgIpc) is 3.13. The van der Waals surface area contributed by atoms with Crippen LogP contribution in [0.15, 0.2) is 34.7 Å². The number of nitrogens with one attached hydrogen (secondary N) is 1. The lowest BCUT2D eigenvalue weighted by Crippen LogP contribution is -2.42. The zero-order valence-electron chi connectivity index (χ0n) is 18.3. The van der Waals surface area contributed by atoms with Gasteiger partial charge in [0.2, 0.25) is 5.76 Å². The molecule has 1 amide bonds. The van der Waals surface area contributed by atoms with Crippen molar-refractivity contribution in [2.75, 3.05) is 25.0 Å². The highest BCUT2D eigenvalue weighted by Gasteiger charge is 2.30. The fourth-order valence-corrected chi connectivity index (χ4v) is 3.65. The van der Waals surface area contributed by atoms with Crippen LogP contribution < -0.4 is 5.32 Å². The van der Waals surface area contributed by atoms with Gasteiger partial charge in [0.25, 0.3) is 5.91 Å². The molecule has 0 saturated carbocycles. The number of anilines is 2. The van der Waals surface area contributed by atoms with Crippen molar-refractivity contribution in [2.24, 2.45) is 0 Å². The Morgan fingerprint density at radius 3 is 2.74 bits per heavy atom. The highest BCUT2D eigenvalue weighted by Crippen LogP contribution is 2.26. The van der Waals surface area contributed by atoms with Gasteiger partial charge in [-0.05, 0) is 45.0 Å². The fourth-order valence-electron chi connectivity index (χ4n) is 3.65. The summed E-state index contributed by atoms with van der Waals surface area (Å²) in [6.07, 6.45) is 0.330. The second-order valence-electron chi connectivity index (χ2n) is 7.70. The molecule has 8 heteroatoms. The van der Waals surface area contributed by atoms with Gasteiger partial charge in [0.1, 0.15) is 11.9 Å². The maximum Gasteiger partial charge on any atom is 0.291 e. The first kappa shape index (κ1) is 21.0. The van der Waals surface area contributed by atoms with Crippen molar-refractivity contribution in [3.63, 3.8) is 0 Å². The van der Waals surface area contributed by atoms with Crippen LogP contribution in [0.1, 0.15) is 52.2 Å². The van der Waals surface area contributed by atoms with Gasteiger partial charge in [-0.15, -0.1) is 0 Å². The number of nitrogens with zero attached hydrogens (tertiary/aromatic N) is 4. The average molecular weight is 422 g/mol. The predicted octanol–water partition coefficient (Wildman–Crippen LogP) is 3.91. The number of aryl methyl sites for hydroxylation is 4. The van der Waals surface area contributed by atoms with Crippen LogP contribution in [0.25, 0.3) is 0 Å². The third-order valence-electron chi connectivity index (χ3n) is 5.16. The number of amides is 1. The molecule has 162 valence electrons. The molecule has 1 aliphatic heterocycles. The van der Waals surface area contributed by atoms with E-state index in [0.29, 0.717) is 43.5 Å². The molecule has 1 N–H and O–H groups in total. The van der Waals surface area contributed by atoms with Gasteiger partial charge in [0.15, 0.2) is 5.89 Å². The van der Waals surface area contributed by atoms with Crippen LogP contribution in [0.2, 0.25) is 0 Å². The van der Waals surface area contributed by atoms with E-state index in [2.05, 4.69) is 20.3 Å². The first-order valence-electron chi connectivity index (χ1n) is 10.5. The number of oxazole rings is 1. The molecular formula is C23H27N5O3. The lowest BCUT2D eigenvalue weighted by molar-refractivity contribution is -0.0257. The fraction of sp³-hybridized carbons (Fsp3) is 0.391. The Morgan fingerprint density at radius 1 is 1.16 bits per heavy atom.